The van der Waals surface area contributed by atoms with Crippen LogP contribution >= 0.6 is 23.2 Å². The first kappa shape index (κ1) is 23.8. The number of carbonyl (C=O) groups is 2. The van der Waals surface area contributed by atoms with Crippen LogP contribution in [0.3, 0.4) is 0 Å². The zero-order valence-corrected chi connectivity index (χ0v) is 20.8. The predicted octanol–water partition coefficient (Wildman–Crippen LogP) is 7.19. The number of methoxy groups -OCH3 is 1. The first-order valence-corrected chi connectivity index (χ1v) is 11.6. The van der Waals surface area contributed by atoms with Crippen molar-refractivity contribution in [3.8, 4) is 11.1 Å². The zero-order valence-electron chi connectivity index (χ0n) is 19.3. The van der Waals surface area contributed by atoms with Gasteiger partial charge < -0.3 is 14.2 Å². The summed E-state index contributed by atoms with van der Waals surface area (Å²) in [6, 6.07) is 11.3. The largest absolute Gasteiger partial charge is 0.513 e. The summed E-state index contributed by atoms with van der Waals surface area (Å²) in [5.41, 5.74) is 1.54. The topological polar surface area (TPSA) is 61.8 Å². The Kier molecular flexibility index (Phi) is 6.10. The van der Waals surface area contributed by atoms with Crippen molar-refractivity contribution in [2.24, 2.45) is 0 Å². The van der Waals surface area contributed by atoms with Crippen molar-refractivity contribution < 1.29 is 23.8 Å². The SMILES string of the molecule is COC(=O)OC1=C(c2cc(-c3ccc(Cl)cc3Cl)ccc2C2CC2)C(=O)C(C)(C)OC1(C)C. The third-order valence-corrected chi connectivity index (χ3v) is 6.54. The minimum atomic E-state index is -1.11. The maximum absolute atomic E-state index is 13.7. The molecule has 0 atom stereocenters. The second-order valence-electron chi connectivity index (χ2n) is 9.41. The average Bonchev–Trinajstić information content (AvgIpc) is 3.56. The standard InChI is InChI=1S/C26H26Cl2O5/c1-25(2)22(29)21(23(26(3,4)33-25)32-24(30)31-5)19-12-15(8-10-17(19)14-6-7-14)18-11-9-16(27)13-20(18)28/h8-14H,6-7H2,1-5H3. The van der Waals surface area contributed by atoms with Gasteiger partial charge in [-0.3, -0.25) is 4.79 Å². The van der Waals surface area contributed by atoms with Crippen molar-refractivity contribution in [1.29, 1.82) is 0 Å². The molecule has 174 valence electrons. The van der Waals surface area contributed by atoms with Crippen LogP contribution < -0.4 is 0 Å². The van der Waals surface area contributed by atoms with E-state index in [1.165, 1.54) is 7.11 Å². The maximum Gasteiger partial charge on any atom is 0.513 e. The number of carbonyl (C=O) groups excluding carboxylic acids is 2. The van der Waals surface area contributed by atoms with Gasteiger partial charge in [0.25, 0.3) is 0 Å². The van der Waals surface area contributed by atoms with Gasteiger partial charge in [-0.25, -0.2) is 4.79 Å². The van der Waals surface area contributed by atoms with Crippen molar-refractivity contribution >= 4 is 40.7 Å². The van der Waals surface area contributed by atoms with Crippen LogP contribution in [0.15, 0.2) is 42.2 Å². The molecule has 7 heteroatoms. The molecule has 2 aromatic carbocycles. The molecule has 1 saturated carbocycles. The van der Waals surface area contributed by atoms with Gasteiger partial charge in [-0.15, -0.1) is 0 Å². The molecule has 1 heterocycles. The Bertz CT molecular complexity index is 1180. The summed E-state index contributed by atoms with van der Waals surface area (Å²) in [6.07, 6.45) is 1.16. The van der Waals surface area contributed by atoms with E-state index in [4.69, 9.17) is 37.4 Å². The van der Waals surface area contributed by atoms with E-state index in [1.807, 2.05) is 24.3 Å². The summed E-state index contributed by atoms with van der Waals surface area (Å²) in [6.45, 7) is 7.00. The lowest BCUT2D eigenvalue weighted by Crippen LogP contribution is -2.50. The molecule has 5 nitrogen and oxygen atoms in total. The van der Waals surface area contributed by atoms with Gasteiger partial charge in [-0.2, -0.15) is 0 Å². The lowest BCUT2D eigenvalue weighted by Gasteiger charge is -2.42. The molecule has 0 aromatic heterocycles. The maximum atomic E-state index is 13.7. The molecular weight excluding hydrogens is 463 g/mol. The normalized spacial score (nSPS) is 19.4. The van der Waals surface area contributed by atoms with Crippen LogP contribution in [0.2, 0.25) is 10.0 Å². The summed E-state index contributed by atoms with van der Waals surface area (Å²) in [5.74, 6) is 0.213. The molecule has 1 aliphatic heterocycles. The van der Waals surface area contributed by atoms with Crippen LogP contribution in [-0.2, 0) is 19.0 Å². The van der Waals surface area contributed by atoms with Crippen LogP contribution in [0.1, 0.15) is 57.6 Å². The Balaban J connectivity index is 2.00. The van der Waals surface area contributed by atoms with E-state index < -0.39 is 17.4 Å². The summed E-state index contributed by atoms with van der Waals surface area (Å²) in [7, 11) is 1.23. The van der Waals surface area contributed by atoms with Gasteiger partial charge in [0, 0.05) is 15.6 Å². The summed E-state index contributed by atoms with van der Waals surface area (Å²) < 4.78 is 16.4. The van der Waals surface area contributed by atoms with E-state index in [0.29, 0.717) is 21.5 Å². The summed E-state index contributed by atoms with van der Waals surface area (Å²) in [5, 5.41) is 1.05. The number of benzene rings is 2. The Hall–Kier alpha value is -2.34. The highest BCUT2D eigenvalue weighted by atomic mass is 35.5. The van der Waals surface area contributed by atoms with Crippen molar-refractivity contribution in [2.45, 2.75) is 57.7 Å². The van der Waals surface area contributed by atoms with Crippen LogP contribution in [0.25, 0.3) is 16.7 Å². The van der Waals surface area contributed by atoms with Gasteiger partial charge in [-0.05, 0) is 81.3 Å². The quantitative estimate of drug-likeness (QED) is 0.426. The third-order valence-electron chi connectivity index (χ3n) is 5.99. The van der Waals surface area contributed by atoms with Crippen LogP contribution in [0.5, 0.6) is 0 Å². The van der Waals surface area contributed by atoms with Gasteiger partial charge in [0.15, 0.2) is 11.5 Å². The molecule has 0 N–H and O–H groups in total. The molecule has 4 rings (SSSR count). The minimum absolute atomic E-state index is 0.139. The van der Waals surface area contributed by atoms with E-state index in [9.17, 15) is 9.59 Å². The molecule has 33 heavy (non-hydrogen) atoms. The molecule has 0 unspecified atom stereocenters. The molecule has 1 aliphatic carbocycles. The fourth-order valence-electron chi connectivity index (χ4n) is 4.39. The number of ketones is 1. The van der Waals surface area contributed by atoms with Gasteiger partial charge >= 0.3 is 6.16 Å². The monoisotopic (exact) mass is 488 g/mol. The highest BCUT2D eigenvalue weighted by molar-refractivity contribution is 6.36. The predicted molar refractivity (Wildman–Crippen MR) is 129 cm³/mol. The summed E-state index contributed by atoms with van der Waals surface area (Å²) >= 11 is 12.6. The second-order valence-corrected chi connectivity index (χ2v) is 10.3. The van der Waals surface area contributed by atoms with Crippen molar-refractivity contribution in [3.05, 3.63) is 63.3 Å². The number of rotatable bonds is 4. The molecule has 2 aliphatic rings. The molecule has 1 fully saturated rings. The van der Waals surface area contributed by atoms with E-state index in [-0.39, 0.29) is 11.5 Å². The minimum Gasteiger partial charge on any atom is -0.437 e. The third kappa shape index (κ3) is 4.54. The van der Waals surface area contributed by atoms with E-state index in [2.05, 4.69) is 0 Å². The first-order chi connectivity index (χ1) is 15.4. The molecule has 0 radical (unpaired) electrons. The molecule has 2 aromatic rings. The lowest BCUT2D eigenvalue weighted by atomic mass is 9.80. The average molecular weight is 489 g/mol. The Morgan fingerprint density at radius 3 is 2.30 bits per heavy atom. The van der Waals surface area contributed by atoms with Gasteiger partial charge in [0.05, 0.1) is 12.7 Å². The van der Waals surface area contributed by atoms with Gasteiger partial charge in [0.2, 0.25) is 0 Å². The van der Waals surface area contributed by atoms with Gasteiger partial charge in [0.1, 0.15) is 11.2 Å². The zero-order chi connectivity index (χ0) is 24.1. The fourth-order valence-corrected chi connectivity index (χ4v) is 4.91. The number of Topliss-reactive ketones (excluding diaryl/α,β-unsaturated/α-hetero) is 1. The van der Waals surface area contributed by atoms with Crippen LogP contribution in [-0.4, -0.2) is 30.3 Å². The van der Waals surface area contributed by atoms with Crippen molar-refractivity contribution in [3.63, 3.8) is 0 Å². The first-order valence-electron chi connectivity index (χ1n) is 10.8. The number of ether oxygens (including phenoxy) is 3. The molecule has 0 spiro atoms. The Morgan fingerprint density at radius 1 is 1.00 bits per heavy atom. The summed E-state index contributed by atoms with van der Waals surface area (Å²) in [4.78, 5) is 25.8. The number of hydrogen-bond donors (Lipinski definition) is 0. The number of hydrogen-bond acceptors (Lipinski definition) is 5. The molecule has 0 saturated heterocycles. The van der Waals surface area contributed by atoms with Crippen molar-refractivity contribution in [2.75, 3.05) is 7.11 Å². The van der Waals surface area contributed by atoms with Crippen LogP contribution in [0.4, 0.5) is 4.79 Å². The van der Waals surface area contributed by atoms with Crippen LogP contribution in [0, 0.1) is 0 Å². The fraction of sp³-hybridized carbons (Fsp3) is 0.385. The smallest absolute Gasteiger partial charge is 0.437 e. The molecular formula is C26H26Cl2O5. The number of halogens is 2. The van der Waals surface area contributed by atoms with E-state index >= 15 is 0 Å². The Morgan fingerprint density at radius 2 is 1.70 bits per heavy atom. The van der Waals surface area contributed by atoms with Crippen molar-refractivity contribution in [1.82, 2.24) is 0 Å². The molecule has 0 amide bonds. The van der Waals surface area contributed by atoms with E-state index in [1.54, 1.807) is 39.8 Å². The Labute approximate surface area is 203 Å². The van der Waals surface area contributed by atoms with E-state index in [0.717, 1.165) is 35.1 Å². The molecule has 0 bridgehead atoms. The highest BCUT2D eigenvalue weighted by Crippen LogP contribution is 2.49. The second kappa shape index (κ2) is 8.46. The highest BCUT2D eigenvalue weighted by Gasteiger charge is 2.49. The van der Waals surface area contributed by atoms with Gasteiger partial charge in [-0.1, -0.05) is 41.4 Å². The lowest BCUT2D eigenvalue weighted by molar-refractivity contribution is -0.158.